The van der Waals surface area contributed by atoms with E-state index in [2.05, 4.69) is 36.4 Å². The minimum Gasteiger partial charge on any atom is -0.337 e. The molecule has 0 aliphatic rings. The van der Waals surface area contributed by atoms with Crippen LogP contribution in [0.4, 0.5) is 11.5 Å². The van der Waals surface area contributed by atoms with E-state index in [0.717, 1.165) is 15.5 Å². The van der Waals surface area contributed by atoms with Crippen LogP contribution in [-0.2, 0) is 0 Å². The molecule has 0 amide bonds. The molecule has 2 heterocycles. The molecule has 4 nitrogen and oxygen atoms in total. The molecule has 0 aliphatic heterocycles. The van der Waals surface area contributed by atoms with Gasteiger partial charge in [0.2, 0.25) is 0 Å². The number of hydrogen-bond donors (Lipinski definition) is 1. The first-order valence-corrected chi connectivity index (χ1v) is 6.70. The first-order valence-electron chi connectivity index (χ1n) is 5.53. The van der Waals surface area contributed by atoms with Crippen molar-refractivity contribution in [3.63, 3.8) is 0 Å². The molecule has 3 rings (SSSR count). The maximum absolute atomic E-state index is 6.01. The first kappa shape index (κ1) is 12.3. The topological polar surface area (TPSA) is 50.7 Å². The Bertz CT molecular complexity index is 730. The lowest BCUT2D eigenvalue weighted by molar-refractivity contribution is 1.05. The van der Waals surface area contributed by atoms with E-state index in [9.17, 15) is 0 Å². The molecule has 2 aromatic heterocycles. The lowest BCUT2D eigenvalue weighted by Crippen LogP contribution is -1.98. The molecule has 6 heteroatoms. The minimum atomic E-state index is 0.351. The third-order valence-corrected chi connectivity index (χ3v) is 3.41. The smallest absolute Gasteiger partial charge is 0.179 e. The van der Waals surface area contributed by atoms with Crippen LogP contribution in [0.25, 0.3) is 10.9 Å². The summed E-state index contributed by atoms with van der Waals surface area (Å²) in [7, 11) is 0. The molecule has 0 spiro atoms. The summed E-state index contributed by atoms with van der Waals surface area (Å²) in [4.78, 5) is 4.30. The molecule has 0 saturated heterocycles. The molecule has 1 aromatic carbocycles. The monoisotopic (exact) mass is 334 g/mol. The van der Waals surface area contributed by atoms with Crippen molar-refractivity contribution in [3.05, 3.63) is 52.2 Å². The number of nitrogens with one attached hydrogen (secondary N) is 1. The molecule has 19 heavy (non-hydrogen) atoms. The second kappa shape index (κ2) is 5.11. The third-order valence-electron chi connectivity index (χ3n) is 2.60. The van der Waals surface area contributed by atoms with Crippen molar-refractivity contribution in [1.82, 2.24) is 15.2 Å². The number of nitrogens with zero attached hydrogens (tertiary/aromatic N) is 3. The number of aromatic nitrogens is 3. The summed E-state index contributed by atoms with van der Waals surface area (Å²) in [6, 6.07) is 11.5. The van der Waals surface area contributed by atoms with Crippen LogP contribution in [0.3, 0.4) is 0 Å². The van der Waals surface area contributed by atoms with Crippen LogP contribution in [0.5, 0.6) is 0 Å². The Morgan fingerprint density at radius 2 is 1.84 bits per heavy atom. The lowest BCUT2D eigenvalue weighted by atomic mass is 10.2. The number of benzene rings is 1. The van der Waals surface area contributed by atoms with E-state index < -0.39 is 0 Å². The molecule has 3 aromatic rings. The van der Waals surface area contributed by atoms with Crippen LogP contribution in [0.1, 0.15) is 0 Å². The summed E-state index contributed by atoms with van der Waals surface area (Å²) < 4.78 is 1.02. The predicted octanol–water partition coefficient (Wildman–Crippen LogP) is 4.18. The van der Waals surface area contributed by atoms with Crippen LogP contribution in [0, 0.1) is 0 Å². The predicted molar refractivity (Wildman–Crippen MR) is 79.8 cm³/mol. The van der Waals surface area contributed by atoms with Crippen molar-refractivity contribution >= 4 is 49.9 Å². The van der Waals surface area contributed by atoms with Crippen LogP contribution in [-0.4, -0.2) is 15.2 Å². The van der Waals surface area contributed by atoms with E-state index in [-0.39, 0.29) is 0 Å². The minimum absolute atomic E-state index is 0.351. The largest absolute Gasteiger partial charge is 0.337 e. The number of halogens is 2. The van der Waals surface area contributed by atoms with Gasteiger partial charge in [-0.05, 0) is 36.4 Å². The van der Waals surface area contributed by atoms with E-state index >= 15 is 0 Å². The standard InChI is InChI=1S/C13H8BrClN4/c14-8-3-5-9(6-4-8)17-13-11-10(2-1-7-16-11)12(15)18-19-13/h1-7H,(H,17,19). The second-order valence-electron chi connectivity index (χ2n) is 3.87. The summed E-state index contributed by atoms with van der Waals surface area (Å²) in [5.41, 5.74) is 1.61. The van der Waals surface area contributed by atoms with Crippen LogP contribution in [0.15, 0.2) is 47.1 Å². The molecule has 0 saturated carbocycles. The molecular weight excluding hydrogens is 328 g/mol. The Morgan fingerprint density at radius 1 is 1.05 bits per heavy atom. The van der Waals surface area contributed by atoms with E-state index in [1.54, 1.807) is 6.20 Å². The van der Waals surface area contributed by atoms with Gasteiger partial charge in [-0.2, -0.15) is 0 Å². The summed E-state index contributed by atoms with van der Waals surface area (Å²) in [5, 5.41) is 12.3. The highest BCUT2D eigenvalue weighted by Gasteiger charge is 2.08. The van der Waals surface area contributed by atoms with Crippen molar-refractivity contribution in [1.29, 1.82) is 0 Å². The van der Waals surface area contributed by atoms with E-state index in [4.69, 9.17) is 11.6 Å². The highest BCUT2D eigenvalue weighted by atomic mass is 79.9. The number of hydrogen-bond acceptors (Lipinski definition) is 4. The van der Waals surface area contributed by atoms with Gasteiger partial charge in [-0.1, -0.05) is 27.5 Å². The van der Waals surface area contributed by atoms with Crippen molar-refractivity contribution in [2.75, 3.05) is 5.32 Å². The average molecular weight is 336 g/mol. The van der Waals surface area contributed by atoms with E-state index in [1.165, 1.54) is 0 Å². The Morgan fingerprint density at radius 3 is 2.63 bits per heavy atom. The normalized spacial score (nSPS) is 10.6. The molecule has 0 aliphatic carbocycles. The first-order chi connectivity index (χ1) is 9.24. The van der Waals surface area contributed by atoms with Gasteiger partial charge in [0.1, 0.15) is 5.52 Å². The van der Waals surface area contributed by atoms with Crippen molar-refractivity contribution in [2.45, 2.75) is 0 Å². The Balaban J connectivity index is 2.06. The molecule has 94 valence electrons. The molecule has 0 bridgehead atoms. The zero-order valence-corrected chi connectivity index (χ0v) is 12.0. The lowest BCUT2D eigenvalue weighted by Gasteiger charge is -2.07. The van der Waals surface area contributed by atoms with Gasteiger partial charge in [0.25, 0.3) is 0 Å². The van der Waals surface area contributed by atoms with Crippen LogP contribution < -0.4 is 5.32 Å². The average Bonchev–Trinajstić information content (AvgIpc) is 2.45. The SMILES string of the molecule is Clc1nnc(Nc2ccc(Br)cc2)c2ncccc12. The van der Waals surface area contributed by atoms with Crippen molar-refractivity contribution in [2.24, 2.45) is 0 Å². The van der Waals surface area contributed by atoms with Gasteiger partial charge in [-0.3, -0.25) is 4.98 Å². The van der Waals surface area contributed by atoms with Crippen LogP contribution >= 0.6 is 27.5 Å². The van der Waals surface area contributed by atoms with Gasteiger partial charge >= 0.3 is 0 Å². The Kier molecular flexibility index (Phi) is 3.31. The highest BCUT2D eigenvalue weighted by molar-refractivity contribution is 9.10. The summed E-state index contributed by atoms with van der Waals surface area (Å²) in [6.07, 6.45) is 1.70. The summed E-state index contributed by atoms with van der Waals surface area (Å²) in [5.74, 6) is 0.585. The van der Waals surface area contributed by atoms with Gasteiger partial charge in [0.15, 0.2) is 11.0 Å². The quantitative estimate of drug-likeness (QED) is 0.763. The number of fused-ring (bicyclic) bond motifs is 1. The van der Waals surface area contributed by atoms with Gasteiger partial charge in [0.05, 0.1) is 0 Å². The van der Waals surface area contributed by atoms with E-state index in [0.29, 0.717) is 16.5 Å². The van der Waals surface area contributed by atoms with Gasteiger partial charge in [0, 0.05) is 21.7 Å². The maximum Gasteiger partial charge on any atom is 0.179 e. The molecule has 1 N–H and O–H groups in total. The molecular formula is C13H8BrClN4. The summed E-state index contributed by atoms with van der Waals surface area (Å²) >= 11 is 9.40. The zero-order valence-electron chi connectivity index (χ0n) is 9.64. The highest BCUT2D eigenvalue weighted by Crippen LogP contribution is 2.26. The fraction of sp³-hybridized carbons (Fsp3) is 0. The molecule has 0 fully saturated rings. The number of rotatable bonds is 2. The molecule has 0 radical (unpaired) electrons. The van der Waals surface area contributed by atoms with Gasteiger partial charge in [-0.25, -0.2) is 0 Å². The van der Waals surface area contributed by atoms with Gasteiger partial charge in [-0.15, -0.1) is 10.2 Å². The molecule has 0 atom stereocenters. The van der Waals surface area contributed by atoms with Gasteiger partial charge < -0.3 is 5.32 Å². The second-order valence-corrected chi connectivity index (χ2v) is 5.14. The number of pyridine rings is 1. The fourth-order valence-electron chi connectivity index (χ4n) is 1.71. The maximum atomic E-state index is 6.01. The Hall–Kier alpha value is -1.72. The van der Waals surface area contributed by atoms with Crippen LogP contribution in [0.2, 0.25) is 5.15 Å². The van der Waals surface area contributed by atoms with Crippen molar-refractivity contribution < 1.29 is 0 Å². The third kappa shape index (κ3) is 2.52. The van der Waals surface area contributed by atoms with Crippen molar-refractivity contribution in [3.8, 4) is 0 Å². The Labute approximate surface area is 123 Å². The van der Waals surface area contributed by atoms with E-state index in [1.807, 2.05) is 36.4 Å². The molecule has 0 unspecified atom stereocenters. The summed E-state index contributed by atoms with van der Waals surface area (Å²) in [6.45, 7) is 0. The zero-order chi connectivity index (χ0) is 13.2. The fourth-order valence-corrected chi connectivity index (χ4v) is 2.16. The number of anilines is 2.